The molecule has 0 aliphatic rings. The van der Waals surface area contributed by atoms with E-state index in [2.05, 4.69) is 0 Å². The molecular weight excluding hydrogens is 318 g/mol. The van der Waals surface area contributed by atoms with E-state index in [1.165, 1.54) is 27.7 Å². The molecule has 0 rings (SSSR count). The molecule has 0 aromatic heterocycles. The topological polar surface area (TPSA) is 80.9 Å². The quantitative estimate of drug-likeness (QED) is 0.334. The minimum Gasteiger partial charge on any atom is -1.00 e. The van der Waals surface area contributed by atoms with Crippen molar-refractivity contribution in [1.29, 1.82) is 0 Å². The Morgan fingerprint density at radius 1 is 0.643 bits per heavy atom. The van der Waals surface area contributed by atoms with Crippen LogP contribution < -0.4 is 24.0 Å². The summed E-state index contributed by atoms with van der Waals surface area (Å²) in [5, 5.41) is 38.2. The van der Waals surface area contributed by atoms with Gasteiger partial charge in [-0.15, -0.1) is 0 Å². The minimum absolute atomic E-state index is 0. The van der Waals surface area contributed by atoms with Crippen molar-refractivity contribution in [2.45, 2.75) is 51.1 Å². The monoisotopic (exact) mass is 338 g/mol. The second-order valence-corrected chi connectivity index (χ2v) is 8.20. The van der Waals surface area contributed by atoms with E-state index in [-0.39, 0.29) is 24.0 Å². The van der Waals surface area contributed by atoms with E-state index in [1.54, 1.807) is 0 Å². The summed E-state index contributed by atoms with van der Waals surface area (Å²) in [7, 11) is -2.56. The normalized spacial score (nSPS) is 24.0. The van der Waals surface area contributed by atoms with Crippen molar-refractivity contribution >= 4 is 7.26 Å². The van der Waals surface area contributed by atoms with E-state index >= 15 is 0 Å². The maximum atomic E-state index is 9.54. The van der Waals surface area contributed by atoms with Crippen molar-refractivity contribution in [1.82, 2.24) is 0 Å². The Labute approximate surface area is 103 Å². The molecule has 4 N–H and O–H groups in total. The molecule has 88 valence electrons. The molecule has 0 saturated heterocycles. The largest absolute Gasteiger partial charge is 1.00 e. The third-order valence-corrected chi connectivity index (χ3v) is 7.77. The van der Waals surface area contributed by atoms with Gasteiger partial charge >= 0.3 is 0 Å². The maximum Gasteiger partial charge on any atom is 0.169 e. The van der Waals surface area contributed by atoms with Crippen molar-refractivity contribution in [3.8, 4) is 0 Å². The molecule has 0 radical (unpaired) electrons. The molecule has 6 heteroatoms. The predicted octanol–water partition coefficient (Wildman–Crippen LogP) is -2.64. The fourth-order valence-corrected chi connectivity index (χ4v) is 5.62. The molecule has 14 heavy (non-hydrogen) atoms. The van der Waals surface area contributed by atoms with Crippen molar-refractivity contribution < 1.29 is 44.4 Å². The Balaban J connectivity index is 0. The molecule has 0 spiro atoms. The third-order valence-electron chi connectivity index (χ3n) is 2.59. The summed E-state index contributed by atoms with van der Waals surface area (Å²) in [6, 6.07) is 0. The lowest BCUT2D eigenvalue weighted by Crippen LogP contribution is -3.00. The van der Waals surface area contributed by atoms with Crippen LogP contribution in [0.5, 0.6) is 0 Å². The van der Waals surface area contributed by atoms with Gasteiger partial charge in [-0.25, -0.2) is 0 Å². The first-order chi connectivity index (χ1) is 5.77. The van der Waals surface area contributed by atoms with Crippen LogP contribution in [0.3, 0.4) is 0 Å². The third kappa shape index (κ3) is 3.00. The molecule has 0 aromatic rings. The van der Waals surface area contributed by atoms with Gasteiger partial charge in [0.2, 0.25) is 0 Å². The van der Waals surface area contributed by atoms with Crippen LogP contribution in [-0.2, 0) is 0 Å². The zero-order valence-corrected chi connectivity index (χ0v) is 12.0. The second-order valence-electron chi connectivity index (χ2n) is 3.42. The average Bonchev–Trinajstić information content (AvgIpc) is 1.82. The van der Waals surface area contributed by atoms with Crippen LogP contribution in [-0.4, -0.2) is 43.8 Å². The highest BCUT2D eigenvalue weighted by Gasteiger charge is 2.56. The molecule has 0 saturated carbocycles. The summed E-state index contributed by atoms with van der Waals surface area (Å²) >= 11 is 0. The number of halogens is 1. The van der Waals surface area contributed by atoms with Gasteiger partial charge in [0.05, 0.1) is 0 Å². The van der Waals surface area contributed by atoms with Gasteiger partial charge in [-0.05, 0) is 27.7 Å². The Morgan fingerprint density at radius 2 is 0.786 bits per heavy atom. The zero-order valence-electron chi connectivity index (χ0n) is 8.92. The van der Waals surface area contributed by atoms with Crippen molar-refractivity contribution in [3.63, 3.8) is 0 Å². The molecule has 0 heterocycles. The molecule has 0 aromatic carbocycles. The molecule has 0 aliphatic heterocycles. The highest BCUT2D eigenvalue weighted by molar-refractivity contribution is 7.77. The van der Waals surface area contributed by atoms with Crippen LogP contribution in [0.2, 0.25) is 0 Å². The standard InChI is InChI=1S/C8H20O4P.HI/c1-5(9)13(6(2)10,7(3)11)8(4)12;/h5-12H,1-4H3;1H/q+1;/p-1. The summed E-state index contributed by atoms with van der Waals surface area (Å²) in [6.45, 7) is 6.00. The van der Waals surface area contributed by atoms with E-state index in [0.29, 0.717) is 0 Å². The first kappa shape index (κ1) is 17.4. The fraction of sp³-hybridized carbons (Fsp3) is 1.00. The number of rotatable bonds is 4. The van der Waals surface area contributed by atoms with Crippen LogP contribution in [0.1, 0.15) is 27.7 Å². The highest BCUT2D eigenvalue weighted by Crippen LogP contribution is 2.70. The van der Waals surface area contributed by atoms with Gasteiger partial charge in [0.1, 0.15) is 7.26 Å². The van der Waals surface area contributed by atoms with Gasteiger partial charge in [-0.1, -0.05) is 0 Å². The number of aliphatic hydroxyl groups is 4. The number of hydrogen-bond acceptors (Lipinski definition) is 4. The summed E-state index contributed by atoms with van der Waals surface area (Å²) in [5.74, 6) is -3.47. The first-order valence-electron chi connectivity index (χ1n) is 4.37. The molecular formula is C8H20IO4P. The van der Waals surface area contributed by atoms with Crippen LogP contribution in [0.25, 0.3) is 0 Å². The lowest BCUT2D eigenvalue weighted by atomic mass is 10.8. The van der Waals surface area contributed by atoms with Crippen LogP contribution in [0.15, 0.2) is 0 Å². The van der Waals surface area contributed by atoms with E-state index in [1.807, 2.05) is 0 Å². The Bertz CT molecular complexity index is 124. The highest BCUT2D eigenvalue weighted by atomic mass is 127. The average molecular weight is 338 g/mol. The maximum absolute atomic E-state index is 9.54. The summed E-state index contributed by atoms with van der Waals surface area (Å²) < 4.78 is 0. The SMILES string of the molecule is CC(O)[P+](C(C)O)(C(C)O)C(C)O.[I-]. The van der Waals surface area contributed by atoms with E-state index < -0.39 is 30.6 Å². The predicted molar refractivity (Wildman–Crippen MR) is 53.6 cm³/mol. The second kappa shape index (κ2) is 6.55. The van der Waals surface area contributed by atoms with Crippen molar-refractivity contribution in [3.05, 3.63) is 0 Å². The number of aliphatic hydroxyl groups excluding tert-OH is 4. The molecule has 4 atom stereocenters. The lowest BCUT2D eigenvalue weighted by Gasteiger charge is -2.36. The molecule has 0 bridgehead atoms. The van der Waals surface area contributed by atoms with Crippen molar-refractivity contribution in [2.24, 2.45) is 0 Å². The van der Waals surface area contributed by atoms with E-state index in [9.17, 15) is 20.4 Å². The van der Waals surface area contributed by atoms with Crippen LogP contribution in [0.4, 0.5) is 0 Å². The summed E-state index contributed by atoms with van der Waals surface area (Å²) in [6.07, 6.45) is 0. The van der Waals surface area contributed by atoms with Crippen molar-refractivity contribution in [2.75, 3.05) is 0 Å². The van der Waals surface area contributed by atoms with Gasteiger partial charge in [-0.3, -0.25) is 0 Å². The Morgan fingerprint density at radius 3 is 0.786 bits per heavy atom. The minimum atomic E-state index is -2.56. The molecule has 4 unspecified atom stereocenters. The molecule has 0 aliphatic carbocycles. The van der Waals surface area contributed by atoms with Gasteiger partial charge in [0, 0.05) is 0 Å². The smallest absolute Gasteiger partial charge is 0.169 e. The van der Waals surface area contributed by atoms with Gasteiger partial charge in [-0.2, -0.15) is 0 Å². The Kier molecular flexibility index (Phi) is 8.14. The van der Waals surface area contributed by atoms with Crippen LogP contribution >= 0.6 is 7.26 Å². The fourth-order valence-electron chi connectivity index (χ4n) is 1.87. The lowest BCUT2D eigenvalue weighted by molar-refractivity contribution is -0.0000107. The summed E-state index contributed by atoms with van der Waals surface area (Å²) in [5.41, 5.74) is 0. The van der Waals surface area contributed by atoms with E-state index in [0.717, 1.165) is 0 Å². The van der Waals surface area contributed by atoms with Gasteiger partial charge in [0.25, 0.3) is 0 Å². The zero-order chi connectivity index (χ0) is 10.8. The molecule has 4 nitrogen and oxygen atoms in total. The van der Waals surface area contributed by atoms with Gasteiger partial charge < -0.3 is 44.4 Å². The van der Waals surface area contributed by atoms with Gasteiger partial charge in [0.15, 0.2) is 23.4 Å². The summed E-state index contributed by atoms with van der Waals surface area (Å²) in [4.78, 5) is 0. The van der Waals surface area contributed by atoms with E-state index in [4.69, 9.17) is 0 Å². The molecule has 0 amide bonds. The molecule has 0 fully saturated rings. The first-order valence-corrected chi connectivity index (χ1v) is 6.44. The Hall–Kier alpha value is 1.00. The van der Waals surface area contributed by atoms with Crippen LogP contribution in [0, 0.1) is 0 Å². The number of hydrogen-bond donors (Lipinski definition) is 4.